The molecule has 7 heteroatoms. The molecule has 1 aromatic rings. The maximum Gasteiger partial charge on any atom is 0.246 e. The van der Waals surface area contributed by atoms with E-state index in [0.717, 1.165) is 31.4 Å². The zero-order valence-corrected chi connectivity index (χ0v) is 13.5. The highest BCUT2D eigenvalue weighted by molar-refractivity contribution is 7.89. The molecule has 2 aliphatic rings. The predicted molar refractivity (Wildman–Crippen MR) is 81.7 cm³/mol. The highest BCUT2D eigenvalue weighted by atomic mass is 35.5. The van der Waals surface area contributed by atoms with Crippen LogP contribution in [0.3, 0.4) is 0 Å². The molecule has 3 rings (SSSR count). The molecule has 2 bridgehead atoms. The van der Waals surface area contributed by atoms with E-state index in [1.165, 1.54) is 12.1 Å². The van der Waals surface area contributed by atoms with Crippen LogP contribution in [0.25, 0.3) is 0 Å². The van der Waals surface area contributed by atoms with Gasteiger partial charge in [-0.3, -0.25) is 0 Å². The summed E-state index contributed by atoms with van der Waals surface area (Å²) in [6, 6.07) is 4.27. The van der Waals surface area contributed by atoms with Crippen LogP contribution in [0.15, 0.2) is 23.1 Å². The first-order valence-corrected chi connectivity index (χ1v) is 8.44. The van der Waals surface area contributed by atoms with Gasteiger partial charge in [-0.1, -0.05) is 6.07 Å². The van der Waals surface area contributed by atoms with E-state index in [0.29, 0.717) is 6.54 Å². The Kier molecular flexibility index (Phi) is 4.92. The summed E-state index contributed by atoms with van der Waals surface area (Å²) < 4.78 is 41.2. The monoisotopic (exact) mass is 334 g/mol. The largest absolute Gasteiger partial charge is 0.315 e. The van der Waals surface area contributed by atoms with Crippen molar-refractivity contribution in [2.75, 3.05) is 13.1 Å². The van der Waals surface area contributed by atoms with Gasteiger partial charge in [0.05, 0.1) is 0 Å². The zero-order chi connectivity index (χ0) is 14.3. The van der Waals surface area contributed by atoms with Crippen LogP contribution in [-0.2, 0) is 10.0 Å². The van der Waals surface area contributed by atoms with E-state index in [1.807, 2.05) is 0 Å². The Morgan fingerprint density at radius 3 is 2.67 bits per heavy atom. The molecule has 2 atom stereocenters. The Morgan fingerprint density at radius 2 is 1.95 bits per heavy atom. The molecule has 2 heterocycles. The number of hydrogen-bond donors (Lipinski definition) is 1. The molecular formula is C14H20ClFN2O2S. The van der Waals surface area contributed by atoms with E-state index >= 15 is 0 Å². The molecule has 0 radical (unpaired) electrons. The van der Waals surface area contributed by atoms with Gasteiger partial charge in [-0.05, 0) is 50.4 Å². The van der Waals surface area contributed by atoms with E-state index in [2.05, 4.69) is 5.32 Å². The van der Waals surface area contributed by atoms with Gasteiger partial charge < -0.3 is 5.32 Å². The summed E-state index contributed by atoms with van der Waals surface area (Å²) in [4.78, 5) is -0.193. The summed E-state index contributed by atoms with van der Waals surface area (Å²) in [6.07, 6.45) is 2.52. The fourth-order valence-electron chi connectivity index (χ4n) is 3.26. The van der Waals surface area contributed by atoms with Gasteiger partial charge in [-0.2, -0.15) is 4.31 Å². The highest BCUT2D eigenvalue weighted by Gasteiger charge is 2.43. The maximum atomic E-state index is 14.1. The lowest BCUT2D eigenvalue weighted by Gasteiger charge is -2.27. The number of fused-ring (bicyclic) bond motifs is 2. The van der Waals surface area contributed by atoms with E-state index in [9.17, 15) is 12.8 Å². The second-order valence-corrected chi connectivity index (χ2v) is 7.46. The summed E-state index contributed by atoms with van der Waals surface area (Å²) in [5.74, 6) is -0.651. The third-order valence-corrected chi connectivity index (χ3v) is 6.27. The van der Waals surface area contributed by atoms with Gasteiger partial charge in [0.15, 0.2) is 0 Å². The molecule has 118 valence electrons. The smallest absolute Gasteiger partial charge is 0.246 e. The predicted octanol–water partition coefficient (Wildman–Crippen LogP) is 2.07. The van der Waals surface area contributed by atoms with Crippen molar-refractivity contribution in [2.24, 2.45) is 0 Å². The molecule has 21 heavy (non-hydrogen) atoms. The molecule has 0 aromatic heterocycles. The van der Waals surface area contributed by atoms with Crippen molar-refractivity contribution in [3.63, 3.8) is 0 Å². The van der Waals surface area contributed by atoms with Crippen molar-refractivity contribution in [3.8, 4) is 0 Å². The quantitative estimate of drug-likeness (QED) is 0.900. The lowest BCUT2D eigenvalue weighted by molar-refractivity contribution is 0.333. The van der Waals surface area contributed by atoms with Gasteiger partial charge in [0.2, 0.25) is 10.0 Å². The normalized spacial score (nSPS) is 26.2. The Hall–Kier alpha value is -0.690. The van der Waals surface area contributed by atoms with Crippen molar-refractivity contribution < 1.29 is 12.8 Å². The van der Waals surface area contributed by atoms with Crippen LogP contribution >= 0.6 is 12.4 Å². The van der Waals surface area contributed by atoms with Gasteiger partial charge >= 0.3 is 0 Å². The number of rotatable bonds is 2. The van der Waals surface area contributed by atoms with Crippen LogP contribution in [0.1, 0.15) is 24.8 Å². The Balaban J connectivity index is 0.00000161. The highest BCUT2D eigenvalue weighted by Crippen LogP contribution is 2.34. The van der Waals surface area contributed by atoms with Crippen LogP contribution in [-0.4, -0.2) is 37.9 Å². The molecule has 0 spiro atoms. The van der Waals surface area contributed by atoms with Crippen molar-refractivity contribution in [2.45, 2.75) is 43.2 Å². The van der Waals surface area contributed by atoms with Crippen molar-refractivity contribution in [1.29, 1.82) is 0 Å². The summed E-state index contributed by atoms with van der Waals surface area (Å²) in [5, 5.41) is 3.26. The fraction of sp³-hybridized carbons (Fsp3) is 0.571. The first-order chi connectivity index (χ1) is 9.50. The van der Waals surface area contributed by atoms with Crippen molar-refractivity contribution in [1.82, 2.24) is 9.62 Å². The van der Waals surface area contributed by atoms with Crippen LogP contribution in [0.2, 0.25) is 0 Å². The second-order valence-electron chi connectivity index (χ2n) is 5.65. The third kappa shape index (κ3) is 2.95. The first kappa shape index (κ1) is 16.7. The van der Waals surface area contributed by atoms with E-state index in [-0.39, 0.29) is 29.4 Å². The number of sulfonamides is 1. The minimum absolute atomic E-state index is 0. The fourth-order valence-corrected chi connectivity index (χ4v) is 5.21. The summed E-state index contributed by atoms with van der Waals surface area (Å²) in [5.41, 5.74) is 0.724. The minimum atomic E-state index is -3.75. The molecule has 2 fully saturated rings. The molecule has 2 unspecified atom stereocenters. The Labute approximate surface area is 131 Å². The molecule has 2 saturated heterocycles. The zero-order valence-electron chi connectivity index (χ0n) is 11.9. The molecule has 4 nitrogen and oxygen atoms in total. The summed E-state index contributed by atoms with van der Waals surface area (Å²) in [7, 11) is -3.75. The lowest BCUT2D eigenvalue weighted by Crippen LogP contribution is -2.42. The summed E-state index contributed by atoms with van der Waals surface area (Å²) >= 11 is 0. The second kappa shape index (κ2) is 6.20. The van der Waals surface area contributed by atoms with E-state index < -0.39 is 15.8 Å². The Morgan fingerprint density at radius 1 is 1.24 bits per heavy atom. The average Bonchev–Trinajstić information content (AvgIpc) is 2.63. The maximum absolute atomic E-state index is 14.1. The van der Waals surface area contributed by atoms with Crippen LogP contribution in [0, 0.1) is 12.7 Å². The Bertz CT molecular complexity index is 609. The van der Waals surface area contributed by atoms with E-state index in [4.69, 9.17) is 0 Å². The molecular weight excluding hydrogens is 315 g/mol. The average molecular weight is 335 g/mol. The van der Waals surface area contributed by atoms with Gasteiger partial charge in [-0.15, -0.1) is 12.4 Å². The number of halogens is 2. The lowest BCUT2D eigenvalue weighted by atomic mass is 10.1. The molecule has 0 amide bonds. The van der Waals surface area contributed by atoms with Gasteiger partial charge in [0.1, 0.15) is 10.7 Å². The van der Waals surface area contributed by atoms with Gasteiger partial charge in [-0.25, -0.2) is 12.8 Å². The number of nitrogens with zero attached hydrogens (tertiary/aromatic N) is 1. The van der Waals surface area contributed by atoms with Gasteiger partial charge in [0.25, 0.3) is 0 Å². The van der Waals surface area contributed by atoms with E-state index in [1.54, 1.807) is 17.3 Å². The van der Waals surface area contributed by atoms with Crippen LogP contribution < -0.4 is 5.32 Å². The molecule has 0 saturated carbocycles. The SMILES string of the molecule is Cc1ccc(S(=O)(=O)N2C3CCNCC2CC3)c(F)c1.Cl. The topological polar surface area (TPSA) is 49.4 Å². The van der Waals surface area contributed by atoms with Crippen LogP contribution in [0.4, 0.5) is 4.39 Å². The molecule has 0 aliphatic carbocycles. The van der Waals surface area contributed by atoms with Gasteiger partial charge in [0, 0.05) is 18.6 Å². The first-order valence-electron chi connectivity index (χ1n) is 7.00. The number of aryl methyl sites for hydroxylation is 1. The third-order valence-electron chi connectivity index (χ3n) is 4.23. The number of benzene rings is 1. The van der Waals surface area contributed by atoms with Crippen molar-refractivity contribution >= 4 is 22.4 Å². The number of hydrogen-bond acceptors (Lipinski definition) is 3. The molecule has 2 aliphatic heterocycles. The molecule has 1 aromatic carbocycles. The van der Waals surface area contributed by atoms with Crippen molar-refractivity contribution in [3.05, 3.63) is 29.6 Å². The van der Waals surface area contributed by atoms with Crippen LogP contribution in [0.5, 0.6) is 0 Å². The minimum Gasteiger partial charge on any atom is -0.315 e. The molecule has 1 N–H and O–H groups in total. The number of nitrogens with one attached hydrogen (secondary N) is 1. The summed E-state index contributed by atoms with van der Waals surface area (Å²) in [6.45, 7) is 3.23. The standard InChI is InChI=1S/C14H19FN2O2S.ClH/c1-10-2-5-14(13(15)8-10)20(18,19)17-11-3-4-12(17)9-16-7-6-11;/h2,5,8,11-12,16H,3-4,6-7,9H2,1H3;1H.